The van der Waals surface area contributed by atoms with E-state index < -0.39 is 0 Å². The summed E-state index contributed by atoms with van der Waals surface area (Å²) in [5, 5.41) is 9.12. The van der Waals surface area contributed by atoms with Crippen LogP contribution in [-0.4, -0.2) is 47.3 Å². The van der Waals surface area contributed by atoms with Gasteiger partial charge in [-0.3, -0.25) is 9.79 Å². The Labute approximate surface area is 171 Å². The lowest BCUT2D eigenvalue weighted by molar-refractivity contribution is 0.0963. The Morgan fingerprint density at radius 1 is 0.931 bits per heavy atom. The fraction of sp³-hybridized carbons (Fsp3) is 0.333. The molecule has 0 radical (unpaired) electrons. The van der Waals surface area contributed by atoms with Crippen LogP contribution in [0.15, 0.2) is 41.4 Å². The molecule has 0 aliphatic heterocycles. The summed E-state index contributed by atoms with van der Waals surface area (Å²) in [4.78, 5) is 16.0. The van der Waals surface area contributed by atoms with Gasteiger partial charge in [0.2, 0.25) is 5.75 Å². The molecule has 3 N–H and O–H groups in total. The summed E-state index contributed by atoms with van der Waals surface area (Å²) in [5.41, 5.74) is 2.54. The zero-order chi connectivity index (χ0) is 21.2. The van der Waals surface area contributed by atoms with E-state index >= 15 is 0 Å². The molecule has 0 aromatic heterocycles. The van der Waals surface area contributed by atoms with Crippen LogP contribution in [0.3, 0.4) is 0 Å². The summed E-state index contributed by atoms with van der Waals surface area (Å²) in [6, 6.07) is 11.2. The number of aliphatic imine (C=N–C) groups is 1. The number of carbonyl (C=O) groups is 1. The second kappa shape index (κ2) is 10.8. The molecule has 0 atom stereocenters. The molecule has 0 heterocycles. The minimum atomic E-state index is -0.114. The van der Waals surface area contributed by atoms with E-state index in [1.54, 1.807) is 41.5 Å². The molecule has 0 saturated carbocycles. The average molecular weight is 400 g/mol. The maximum atomic E-state index is 11.8. The lowest BCUT2D eigenvalue weighted by Gasteiger charge is -2.16. The molecule has 2 aromatic carbocycles. The molecule has 0 aliphatic carbocycles. The third-order valence-electron chi connectivity index (χ3n) is 4.28. The molecule has 0 unspecified atom stereocenters. The van der Waals surface area contributed by atoms with Gasteiger partial charge in [0, 0.05) is 32.7 Å². The van der Waals surface area contributed by atoms with Gasteiger partial charge in [0.25, 0.3) is 5.91 Å². The highest BCUT2D eigenvalue weighted by atomic mass is 16.5. The number of hydrogen-bond acceptors (Lipinski definition) is 5. The highest BCUT2D eigenvalue weighted by Crippen LogP contribution is 2.38. The molecule has 0 fully saturated rings. The van der Waals surface area contributed by atoms with E-state index in [-0.39, 0.29) is 5.91 Å². The van der Waals surface area contributed by atoms with E-state index in [2.05, 4.69) is 20.9 Å². The number of benzene rings is 2. The van der Waals surface area contributed by atoms with E-state index in [1.807, 2.05) is 30.3 Å². The number of carbonyl (C=O) groups excluding carboxylic acids is 1. The minimum Gasteiger partial charge on any atom is -0.493 e. The molecular weight excluding hydrogens is 372 g/mol. The van der Waals surface area contributed by atoms with Crippen molar-refractivity contribution in [3.8, 4) is 17.2 Å². The van der Waals surface area contributed by atoms with Gasteiger partial charge in [0.05, 0.1) is 21.3 Å². The number of amides is 1. The zero-order valence-electron chi connectivity index (χ0n) is 17.5. The molecule has 1 amide bonds. The molecule has 29 heavy (non-hydrogen) atoms. The Bertz CT molecular complexity index is 843. The van der Waals surface area contributed by atoms with Crippen LogP contribution in [0.1, 0.15) is 21.5 Å². The SMILES string of the molecule is CN=C(NCc1cccc(C(=O)NC)c1)NCc1cc(OC)c(OC)c(OC)c1. The quantitative estimate of drug-likeness (QED) is 0.463. The number of nitrogens with one attached hydrogen (secondary N) is 3. The van der Waals surface area contributed by atoms with Crippen molar-refractivity contribution < 1.29 is 19.0 Å². The Balaban J connectivity index is 2.02. The maximum Gasteiger partial charge on any atom is 0.251 e. The summed E-state index contributed by atoms with van der Waals surface area (Å²) in [7, 11) is 8.06. The second-order valence-electron chi connectivity index (χ2n) is 6.09. The maximum absolute atomic E-state index is 11.8. The standard InChI is InChI=1S/C21H28N4O4/c1-22-20(26)16-8-6-7-14(9-16)12-24-21(23-2)25-13-15-10-17(27-3)19(29-5)18(11-15)28-4/h6-11H,12-13H2,1-5H3,(H,22,26)(H2,23,24,25). The molecule has 2 rings (SSSR count). The van der Waals surface area contributed by atoms with Gasteiger partial charge in [-0.25, -0.2) is 0 Å². The fourth-order valence-electron chi connectivity index (χ4n) is 2.80. The van der Waals surface area contributed by atoms with E-state index in [0.717, 1.165) is 11.1 Å². The van der Waals surface area contributed by atoms with Crippen LogP contribution in [0.4, 0.5) is 0 Å². The summed E-state index contributed by atoms with van der Waals surface area (Å²) >= 11 is 0. The summed E-state index contributed by atoms with van der Waals surface area (Å²) in [6.07, 6.45) is 0. The van der Waals surface area contributed by atoms with Crippen molar-refractivity contribution in [2.45, 2.75) is 13.1 Å². The predicted molar refractivity (Wildman–Crippen MR) is 113 cm³/mol. The first-order valence-electron chi connectivity index (χ1n) is 9.10. The van der Waals surface area contributed by atoms with Crippen molar-refractivity contribution in [3.63, 3.8) is 0 Å². The predicted octanol–water partition coefficient (Wildman–Crippen LogP) is 1.94. The third-order valence-corrected chi connectivity index (χ3v) is 4.28. The van der Waals surface area contributed by atoms with Crippen LogP contribution in [0.2, 0.25) is 0 Å². The Kier molecular flexibility index (Phi) is 8.14. The summed E-state index contributed by atoms with van der Waals surface area (Å²) in [6.45, 7) is 1.04. The van der Waals surface area contributed by atoms with Crippen LogP contribution in [0.5, 0.6) is 17.2 Å². The van der Waals surface area contributed by atoms with Gasteiger partial charge in [-0.2, -0.15) is 0 Å². The lowest BCUT2D eigenvalue weighted by atomic mass is 10.1. The first-order chi connectivity index (χ1) is 14.1. The first-order valence-corrected chi connectivity index (χ1v) is 9.10. The molecule has 0 saturated heterocycles. The number of rotatable bonds is 8. The minimum absolute atomic E-state index is 0.114. The molecule has 8 nitrogen and oxygen atoms in total. The number of guanidine groups is 1. The van der Waals surface area contributed by atoms with Gasteiger partial charge < -0.3 is 30.2 Å². The summed E-state index contributed by atoms with van der Waals surface area (Å²) in [5.74, 6) is 2.26. The monoisotopic (exact) mass is 400 g/mol. The van der Waals surface area contributed by atoms with E-state index in [1.165, 1.54) is 0 Å². The zero-order valence-corrected chi connectivity index (χ0v) is 17.5. The largest absolute Gasteiger partial charge is 0.493 e. The molecule has 2 aromatic rings. The van der Waals surface area contributed by atoms with E-state index in [9.17, 15) is 4.79 Å². The van der Waals surface area contributed by atoms with Gasteiger partial charge in [-0.05, 0) is 35.4 Å². The molecular formula is C21H28N4O4. The van der Waals surface area contributed by atoms with Crippen molar-refractivity contribution in [3.05, 3.63) is 53.1 Å². The first kappa shape index (κ1) is 21.9. The highest BCUT2D eigenvalue weighted by molar-refractivity contribution is 5.94. The number of hydrogen-bond donors (Lipinski definition) is 3. The van der Waals surface area contributed by atoms with Crippen molar-refractivity contribution >= 4 is 11.9 Å². The van der Waals surface area contributed by atoms with Crippen molar-refractivity contribution in [2.24, 2.45) is 4.99 Å². The van der Waals surface area contributed by atoms with Crippen LogP contribution < -0.4 is 30.2 Å². The molecule has 156 valence electrons. The topological polar surface area (TPSA) is 93.2 Å². The van der Waals surface area contributed by atoms with Crippen molar-refractivity contribution in [1.82, 2.24) is 16.0 Å². The van der Waals surface area contributed by atoms with Gasteiger partial charge in [0.15, 0.2) is 17.5 Å². The van der Waals surface area contributed by atoms with Crippen LogP contribution >= 0.6 is 0 Å². The Morgan fingerprint density at radius 3 is 2.07 bits per heavy atom. The average Bonchev–Trinajstić information content (AvgIpc) is 2.77. The van der Waals surface area contributed by atoms with Crippen molar-refractivity contribution in [1.29, 1.82) is 0 Å². The second-order valence-corrected chi connectivity index (χ2v) is 6.09. The van der Waals surface area contributed by atoms with E-state index in [0.29, 0.717) is 41.9 Å². The van der Waals surface area contributed by atoms with E-state index in [4.69, 9.17) is 14.2 Å². The smallest absolute Gasteiger partial charge is 0.251 e. The Morgan fingerprint density at radius 2 is 1.55 bits per heavy atom. The van der Waals surface area contributed by atoms with Crippen LogP contribution in [0, 0.1) is 0 Å². The van der Waals surface area contributed by atoms with Crippen molar-refractivity contribution in [2.75, 3.05) is 35.4 Å². The number of nitrogens with zero attached hydrogens (tertiary/aromatic N) is 1. The lowest BCUT2D eigenvalue weighted by Crippen LogP contribution is -2.36. The molecule has 0 spiro atoms. The number of ether oxygens (including phenoxy) is 3. The number of methoxy groups -OCH3 is 3. The molecule has 8 heteroatoms. The molecule has 0 aliphatic rings. The van der Waals surface area contributed by atoms with Crippen LogP contribution in [-0.2, 0) is 13.1 Å². The highest BCUT2D eigenvalue weighted by Gasteiger charge is 2.13. The summed E-state index contributed by atoms with van der Waals surface area (Å²) < 4.78 is 16.1. The fourth-order valence-corrected chi connectivity index (χ4v) is 2.80. The molecule has 0 bridgehead atoms. The van der Waals surface area contributed by atoms with Gasteiger partial charge in [-0.1, -0.05) is 12.1 Å². The van der Waals surface area contributed by atoms with Crippen LogP contribution in [0.25, 0.3) is 0 Å². The van der Waals surface area contributed by atoms with Gasteiger partial charge >= 0.3 is 0 Å². The Hall–Kier alpha value is -3.42. The van der Waals surface area contributed by atoms with Gasteiger partial charge in [0.1, 0.15) is 0 Å². The third kappa shape index (κ3) is 5.78. The normalized spacial score (nSPS) is 10.9. The van der Waals surface area contributed by atoms with Gasteiger partial charge in [-0.15, -0.1) is 0 Å².